The summed E-state index contributed by atoms with van der Waals surface area (Å²) in [5, 5.41) is 14.0. The van der Waals surface area contributed by atoms with Crippen LogP contribution in [-0.4, -0.2) is 73.4 Å². The first-order valence-electron chi connectivity index (χ1n) is 27.7. The summed E-state index contributed by atoms with van der Waals surface area (Å²) >= 11 is 0. The maximum atomic E-state index is 13.0. The van der Waals surface area contributed by atoms with Gasteiger partial charge in [0.1, 0.15) is 13.2 Å². The Balaban J connectivity index is 4.07. The molecule has 1 amide bonds. The molecule has 0 aromatic heterocycles. The van der Waals surface area contributed by atoms with Crippen molar-refractivity contribution in [1.82, 2.24) is 5.32 Å². The van der Waals surface area contributed by atoms with E-state index in [2.05, 4.69) is 43.5 Å². The van der Waals surface area contributed by atoms with Crippen LogP contribution in [-0.2, 0) is 18.4 Å². The van der Waals surface area contributed by atoms with E-state index in [1.54, 1.807) is 0 Å². The van der Waals surface area contributed by atoms with Gasteiger partial charge in [-0.1, -0.05) is 244 Å². The normalized spacial score (nSPS) is 14.2. The van der Waals surface area contributed by atoms with Crippen LogP contribution in [0.3, 0.4) is 0 Å². The molecule has 8 nitrogen and oxygen atoms in total. The molecule has 380 valence electrons. The molecule has 0 aromatic rings. The fourth-order valence-corrected chi connectivity index (χ4v) is 9.05. The van der Waals surface area contributed by atoms with Crippen LogP contribution in [0.1, 0.15) is 271 Å². The van der Waals surface area contributed by atoms with Gasteiger partial charge in [0.15, 0.2) is 0 Å². The summed E-state index contributed by atoms with van der Waals surface area (Å²) in [5.74, 6) is -0.143. The van der Waals surface area contributed by atoms with Crippen LogP contribution in [0, 0.1) is 0 Å². The standard InChI is InChI=1S/C55H109N2O6P/c1-6-8-10-12-14-16-18-20-21-22-23-24-25-26-27-28-29-30-31-32-33-34-35-37-39-41-43-45-47-49-55(59)56-53(52-63-64(60,61)62-51-50-57(3,4)5)54(58)48-46-44-42-40-38-36-19-17-15-13-11-9-7-2/h23-24,26-27,53-54,58H,6-22,25,28-52H2,1-5H3,(H-,56,59,60,61)/p+1/b24-23-,27-26-. The van der Waals surface area contributed by atoms with Crippen LogP contribution in [0.2, 0.25) is 0 Å². The maximum Gasteiger partial charge on any atom is 0.472 e. The highest BCUT2D eigenvalue weighted by Crippen LogP contribution is 2.43. The van der Waals surface area contributed by atoms with Gasteiger partial charge in [-0.3, -0.25) is 13.8 Å². The number of aliphatic hydroxyl groups excluding tert-OH is 1. The Morgan fingerprint density at radius 2 is 0.891 bits per heavy atom. The number of carbonyl (C=O) groups excluding carboxylic acids is 1. The van der Waals surface area contributed by atoms with E-state index in [4.69, 9.17) is 9.05 Å². The highest BCUT2D eigenvalue weighted by molar-refractivity contribution is 7.47. The summed E-state index contributed by atoms with van der Waals surface area (Å²) < 4.78 is 23.7. The Hall–Kier alpha value is -1.02. The molecule has 0 aliphatic heterocycles. The number of nitrogens with zero attached hydrogens (tertiary/aromatic N) is 1. The summed E-state index contributed by atoms with van der Waals surface area (Å²) in [4.78, 5) is 23.3. The SMILES string of the molecule is CCCCCCCCCCC/C=C\C/C=C\CCCCCCCCCCCCCCCC(=O)NC(COP(=O)(O)OCC[N+](C)(C)C)C(O)CCCCCCCCCCCCCCC. The van der Waals surface area contributed by atoms with E-state index in [1.165, 1.54) is 199 Å². The van der Waals surface area contributed by atoms with Gasteiger partial charge in [-0.25, -0.2) is 4.57 Å². The summed E-state index contributed by atoms with van der Waals surface area (Å²) in [6, 6.07) is -0.758. The molecule has 0 bridgehead atoms. The number of quaternary nitrogens is 1. The summed E-state index contributed by atoms with van der Waals surface area (Å²) in [6.45, 7) is 4.91. The van der Waals surface area contributed by atoms with Crippen LogP contribution in [0.4, 0.5) is 0 Å². The number of rotatable bonds is 51. The van der Waals surface area contributed by atoms with E-state index in [1.807, 2.05) is 21.1 Å². The van der Waals surface area contributed by atoms with E-state index in [0.717, 1.165) is 44.9 Å². The monoisotopic (exact) mass is 926 g/mol. The number of phosphoric acid groups is 1. The summed E-state index contributed by atoms with van der Waals surface area (Å²) in [6.07, 6.45) is 58.0. The molecule has 9 heteroatoms. The highest BCUT2D eigenvalue weighted by Gasteiger charge is 2.28. The molecule has 0 aromatic carbocycles. The Morgan fingerprint density at radius 1 is 0.531 bits per heavy atom. The summed E-state index contributed by atoms with van der Waals surface area (Å²) in [5.41, 5.74) is 0. The number of phosphoric ester groups is 1. The first-order valence-corrected chi connectivity index (χ1v) is 29.2. The molecule has 0 saturated heterocycles. The number of likely N-dealkylation sites (N-methyl/N-ethyl adjacent to an activating group) is 1. The molecule has 0 rings (SSSR count). The lowest BCUT2D eigenvalue weighted by Crippen LogP contribution is -2.46. The number of hydrogen-bond acceptors (Lipinski definition) is 5. The second kappa shape index (κ2) is 47.1. The topological polar surface area (TPSA) is 105 Å². The Labute approximate surface area is 398 Å². The lowest BCUT2D eigenvalue weighted by Gasteiger charge is -2.26. The third-order valence-electron chi connectivity index (χ3n) is 12.7. The first-order chi connectivity index (χ1) is 31.0. The Kier molecular flexibility index (Phi) is 46.3. The van der Waals surface area contributed by atoms with Crippen LogP contribution in [0.5, 0.6) is 0 Å². The average molecular weight is 926 g/mol. The van der Waals surface area contributed by atoms with Gasteiger partial charge in [0, 0.05) is 6.42 Å². The zero-order chi connectivity index (χ0) is 47.1. The third kappa shape index (κ3) is 48.9. The van der Waals surface area contributed by atoms with Crippen LogP contribution in [0.15, 0.2) is 24.3 Å². The smallest absolute Gasteiger partial charge is 0.391 e. The molecular weight excluding hydrogens is 816 g/mol. The molecule has 0 aliphatic carbocycles. The van der Waals surface area contributed by atoms with Crippen molar-refractivity contribution in [2.24, 2.45) is 0 Å². The number of allylic oxidation sites excluding steroid dienone is 4. The van der Waals surface area contributed by atoms with E-state index in [-0.39, 0.29) is 19.1 Å². The Bertz CT molecular complexity index is 1090. The van der Waals surface area contributed by atoms with E-state index in [0.29, 0.717) is 23.9 Å². The molecule has 0 heterocycles. The zero-order valence-corrected chi connectivity index (χ0v) is 44.2. The number of amides is 1. The molecule has 64 heavy (non-hydrogen) atoms. The molecule has 3 N–H and O–H groups in total. The van der Waals surface area contributed by atoms with Gasteiger partial charge in [0.25, 0.3) is 0 Å². The van der Waals surface area contributed by atoms with Gasteiger partial charge >= 0.3 is 7.82 Å². The number of aliphatic hydroxyl groups is 1. The predicted octanol–water partition coefficient (Wildman–Crippen LogP) is 16.4. The van der Waals surface area contributed by atoms with E-state index < -0.39 is 20.0 Å². The number of unbranched alkanes of at least 4 members (excludes halogenated alkanes) is 34. The molecule has 3 unspecified atom stereocenters. The highest BCUT2D eigenvalue weighted by atomic mass is 31.2. The molecule has 0 spiro atoms. The van der Waals surface area contributed by atoms with Gasteiger partial charge in [-0.2, -0.15) is 0 Å². The van der Waals surface area contributed by atoms with E-state index >= 15 is 0 Å². The number of carbonyl (C=O) groups is 1. The van der Waals surface area contributed by atoms with Crippen LogP contribution < -0.4 is 5.32 Å². The number of nitrogens with one attached hydrogen (secondary N) is 1. The molecule has 0 saturated carbocycles. The van der Waals surface area contributed by atoms with Crippen molar-refractivity contribution in [1.29, 1.82) is 0 Å². The average Bonchev–Trinajstić information content (AvgIpc) is 3.25. The summed E-state index contributed by atoms with van der Waals surface area (Å²) in [7, 11) is 1.62. The quantitative estimate of drug-likeness (QED) is 0.0243. The van der Waals surface area contributed by atoms with Gasteiger partial charge < -0.3 is 19.8 Å². The predicted molar refractivity (Wildman–Crippen MR) is 277 cm³/mol. The van der Waals surface area contributed by atoms with Crippen molar-refractivity contribution in [2.75, 3.05) is 40.9 Å². The fourth-order valence-electron chi connectivity index (χ4n) is 8.31. The van der Waals surface area contributed by atoms with Gasteiger partial charge in [-0.05, 0) is 44.9 Å². The molecule has 0 aliphatic rings. The third-order valence-corrected chi connectivity index (χ3v) is 13.7. The lowest BCUT2D eigenvalue weighted by atomic mass is 10.0. The second-order valence-electron chi connectivity index (χ2n) is 20.3. The minimum absolute atomic E-state index is 0.0759. The van der Waals surface area contributed by atoms with Gasteiger partial charge in [-0.15, -0.1) is 0 Å². The second-order valence-corrected chi connectivity index (χ2v) is 21.8. The number of hydrogen-bond donors (Lipinski definition) is 3. The van der Waals surface area contributed by atoms with Crippen LogP contribution in [0.25, 0.3) is 0 Å². The van der Waals surface area contributed by atoms with Crippen molar-refractivity contribution in [3.05, 3.63) is 24.3 Å². The minimum Gasteiger partial charge on any atom is -0.391 e. The van der Waals surface area contributed by atoms with Gasteiger partial charge in [0.05, 0.1) is 39.9 Å². The van der Waals surface area contributed by atoms with Crippen LogP contribution >= 0.6 is 7.82 Å². The van der Waals surface area contributed by atoms with Crippen molar-refractivity contribution in [2.45, 2.75) is 283 Å². The van der Waals surface area contributed by atoms with Crippen molar-refractivity contribution >= 4 is 13.7 Å². The van der Waals surface area contributed by atoms with Crippen molar-refractivity contribution in [3.8, 4) is 0 Å². The molecular formula is C55H110N2O6P+. The first kappa shape index (κ1) is 63.0. The molecule has 0 fully saturated rings. The maximum absolute atomic E-state index is 13.0. The van der Waals surface area contributed by atoms with Crippen molar-refractivity contribution in [3.63, 3.8) is 0 Å². The lowest BCUT2D eigenvalue weighted by molar-refractivity contribution is -0.870. The molecule has 0 radical (unpaired) electrons. The van der Waals surface area contributed by atoms with E-state index in [9.17, 15) is 19.4 Å². The van der Waals surface area contributed by atoms with Gasteiger partial charge in [0.2, 0.25) is 5.91 Å². The largest absolute Gasteiger partial charge is 0.472 e. The van der Waals surface area contributed by atoms with Crippen molar-refractivity contribution < 1.29 is 32.9 Å². The minimum atomic E-state index is -4.32. The molecule has 3 atom stereocenters. The Morgan fingerprint density at radius 3 is 1.28 bits per heavy atom. The zero-order valence-electron chi connectivity index (χ0n) is 43.3. The fraction of sp³-hybridized carbons (Fsp3) is 0.909.